The van der Waals surface area contributed by atoms with Crippen LogP contribution in [0.15, 0.2) is 48.5 Å². The van der Waals surface area contributed by atoms with Gasteiger partial charge in [0.1, 0.15) is 5.69 Å². The quantitative estimate of drug-likeness (QED) is 0.695. The number of ether oxygens (including phenoxy) is 2. The number of piperazine rings is 1. The van der Waals surface area contributed by atoms with Gasteiger partial charge in [-0.1, -0.05) is 29.8 Å². The predicted octanol–water partition coefficient (Wildman–Crippen LogP) is 3.42. The van der Waals surface area contributed by atoms with Gasteiger partial charge in [0.25, 0.3) is 5.91 Å². The number of aromatic amines is 1. The van der Waals surface area contributed by atoms with Gasteiger partial charge in [-0.25, -0.2) is 0 Å². The van der Waals surface area contributed by atoms with Gasteiger partial charge >= 0.3 is 0 Å². The molecule has 3 heterocycles. The molecule has 0 atom stereocenters. The molecule has 0 radical (unpaired) electrons. The normalized spacial score (nSPS) is 16.1. The number of aromatic nitrogens is 2. The van der Waals surface area contributed by atoms with Crippen LogP contribution in [0.5, 0.6) is 11.5 Å². The number of carbonyl (C=O) groups excluding carboxylic acids is 1. The van der Waals surface area contributed by atoms with Crippen LogP contribution in [-0.2, 0) is 6.54 Å². The van der Waals surface area contributed by atoms with E-state index < -0.39 is 0 Å². The summed E-state index contributed by atoms with van der Waals surface area (Å²) >= 11 is 5.94. The summed E-state index contributed by atoms with van der Waals surface area (Å²) in [6.07, 6.45) is 0. The van der Waals surface area contributed by atoms with E-state index >= 15 is 0 Å². The van der Waals surface area contributed by atoms with Crippen LogP contribution in [0, 0.1) is 0 Å². The monoisotopic (exact) mass is 424 g/mol. The minimum Gasteiger partial charge on any atom is -0.454 e. The first-order chi connectivity index (χ1) is 14.7. The highest BCUT2D eigenvalue weighted by Crippen LogP contribution is 2.33. The van der Waals surface area contributed by atoms with Crippen LogP contribution in [-0.4, -0.2) is 58.9 Å². The maximum Gasteiger partial charge on any atom is 0.271 e. The van der Waals surface area contributed by atoms with E-state index in [0.717, 1.165) is 42.4 Å². The van der Waals surface area contributed by atoms with E-state index in [2.05, 4.69) is 21.2 Å². The van der Waals surface area contributed by atoms with Crippen molar-refractivity contribution in [2.24, 2.45) is 0 Å². The maximum atomic E-state index is 12.9. The molecule has 5 rings (SSSR count). The van der Waals surface area contributed by atoms with Crippen molar-refractivity contribution in [1.29, 1.82) is 0 Å². The Bertz CT molecular complexity index is 1060. The highest BCUT2D eigenvalue weighted by atomic mass is 35.5. The van der Waals surface area contributed by atoms with Crippen LogP contribution in [0.25, 0.3) is 11.3 Å². The molecular formula is C22H21ClN4O3. The average Bonchev–Trinajstić information content (AvgIpc) is 3.44. The number of carbonyl (C=O) groups is 1. The van der Waals surface area contributed by atoms with Crippen LogP contribution >= 0.6 is 11.6 Å². The number of fused-ring (bicyclic) bond motifs is 1. The summed E-state index contributed by atoms with van der Waals surface area (Å²) in [5.41, 5.74) is 3.34. The SMILES string of the molecule is O=C(c1cc(-c2ccc(Cl)cc2)n[nH]1)N1CCN(Cc2ccc3c(c2)OCO3)CC1. The molecule has 3 aromatic rings. The van der Waals surface area contributed by atoms with Gasteiger partial charge in [0.2, 0.25) is 6.79 Å². The summed E-state index contributed by atoms with van der Waals surface area (Å²) in [6.45, 7) is 4.10. The number of benzene rings is 2. The molecule has 8 heteroatoms. The second kappa shape index (κ2) is 8.01. The largest absolute Gasteiger partial charge is 0.454 e. The summed E-state index contributed by atoms with van der Waals surface area (Å²) in [7, 11) is 0. The van der Waals surface area contributed by atoms with Gasteiger partial charge in [-0.15, -0.1) is 0 Å². The van der Waals surface area contributed by atoms with Crippen LogP contribution in [0.1, 0.15) is 16.1 Å². The first-order valence-corrected chi connectivity index (χ1v) is 10.2. The van der Waals surface area contributed by atoms with Gasteiger partial charge in [0.15, 0.2) is 11.5 Å². The van der Waals surface area contributed by atoms with Crippen molar-refractivity contribution in [1.82, 2.24) is 20.0 Å². The Hall–Kier alpha value is -3.03. The van der Waals surface area contributed by atoms with Crippen LogP contribution in [0.4, 0.5) is 0 Å². The topological polar surface area (TPSA) is 70.7 Å². The minimum absolute atomic E-state index is 0.0227. The molecular weight excluding hydrogens is 404 g/mol. The van der Waals surface area contributed by atoms with Crippen molar-refractivity contribution in [2.45, 2.75) is 6.54 Å². The number of hydrogen-bond acceptors (Lipinski definition) is 5. The molecule has 0 spiro atoms. The van der Waals surface area contributed by atoms with E-state index in [1.165, 1.54) is 5.56 Å². The van der Waals surface area contributed by atoms with Crippen molar-refractivity contribution in [3.63, 3.8) is 0 Å². The van der Waals surface area contributed by atoms with Crippen molar-refractivity contribution in [3.8, 4) is 22.8 Å². The standard InChI is InChI=1S/C22H21ClN4O3/c23-17-4-2-16(3-5-17)18-12-19(25-24-18)22(28)27-9-7-26(8-10-27)13-15-1-6-20-21(11-15)30-14-29-20/h1-6,11-12H,7-10,13-14H2,(H,24,25). The molecule has 0 bridgehead atoms. The van der Waals surface area contributed by atoms with Crippen LogP contribution in [0.3, 0.4) is 0 Å². The maximum absolute atomic E-state index is 12.9. The van der Waals surface area contributed by atoms with Gasteiger partial charge in [0, 0.05) is 43.3 Å². The molecule has 1 saturated heterocycles. The lowest BCUT2D eigenvalue weighted by atomic mass is 10.1. The molecule has 7 nitrogen and oxygen atoms in total. The molecule has 1 N–H and O–H groups in total. The first-order valence-electron chi connectivity index (χ1n) is 9.87. The Kier molecular flexibility index (Phi) is 5.06. The van der Waals surface area contributed by atoms with E-state index in [-0.39, 0.29) is 12.7 Å². The molecule has 2 aromatic carbocycles. The summed E-state index contributed by atoms with van der Waals surface area (Å²) in [6, 6.07) is 15.2. The van der Waals surface area contributed by atoms with Gasteiger partial charge in [0.05, 0.1) is 5.69 Å². The van der Waals surface area contributed by atoms with Crippen molar-refractivity contribution < 1.29 is 14.3 Å². The third-order valence-corrected chi connectivity index (χ3v) is 5.70. The lowest BCUT2D eigenvalue weighted by Crippen LogP contribution is -2.48. The van der Waals surface area contributed by atoms with Gasteiger partial charge in [-0.05, 0) is 35.9 Å². The van der Waals surface area contributed by atoms with E-state index in [0.29, 0.717) is 23.8 Å². The summed E-state index contributed by atoms with van der Waals surface area (Å²) in [5, 5.41) is 7.83. The lowest BCUT2D eigenvalue weighted by Gasteiger charge is -2.34. The zero-order valence-corrected chi connectivity index (χ0v) is 17.1. The molecule has 30 heavy (non-hydrogen) atoms. The average molecular weight is 425 g/mol. The van der Waals surface area contributed by atoms with E-state index in [4.69, 9.17) is 21.1 Å². The molecule has 0 saturated carbocycles. The fourth-order valence-electron chi connectivity index (χ4n) is 3.78. The fraction of sp³-hybridized carbons (Fsp3) is 0.273. The number of hydrogen-bond donors (Lipinski definition) is 1. The molecule has 0 unspecified atom stereocenters. The molecule has 0 aliphatic carbocycles. The Morgan fingerprint density at radius 3 is 2.57 bits per heavy atom. The zero-order chi connectivity index (χ0) is 20.5. The van der Waals surface area contributed by atoms with Gasteiger partial charge < -0.3 is 14.4 Å². The molecule has 1 amide bonds. The second-order valence-corrected chi connectivity index (χ2v) is 7.87. The summed E-state index contributed by atoms with van der Waals surface area (Å²) in [5.74, 6) is 1.58. The van der Waals surface area contributed by atoms with Crippen molar-refractivity contribution >= 4 is 17.5 Å². The van der Waals surface area contributed by atoms with E-state index in [1.54, 1.807) is 6.07 Å². The molecule has 2 aliphatic heterocycles. The zero-order valence-electron chi connectivity index (χ0n) is 16.3. The van der Waals surface area contributed by atoms with Gasteiger partial charge in [-0.2, -0.15) is 5.10 Å². The van der Waals surface area contributed by atoms with Gasteiger partial charge in [-0.3, -0.25) is 14.8 Å². The Morgan fingerprint density at radius 1 is 1.00 bits per heavy atom. The summed E-state index contributed by atoms with van der Waals surface area (Å²) in [4.78, 5) is 17.1. The second-order valence-electron chi connectivity index (χ2n) is 7.43. The third-order valence-electron chi connectivity index (χ3n) is 5.45. The highest BCUT2D eigenvalue weighted by Gasteiger charge is 2.24. The smallest absolute Gasteiger partial charge is 0.271 e. The predicted molar refractivity (Wildman–Crippen MR) is 113 cm³/mol. The highest BCUT2D eigenvalue weighted by molar-refractivity contribution is 6.30. The molecule has 1 aromatic heterocycles. The number of nitrogens with one attached hydrogen (secondary N) is 1. The first kappa shape index (κ1) is 19.0. The van der Waals surface area contributed by atoms with Crippen molar-refractivity contribution in [2.75, 3.05) is 33.0 Å². The Balaban J connectivity index is 1.18. The Morgan fingerprint density at radius 2 is 1.77 bits per heavy atom. The lowest BCUT2D eigenvalue weighted by molar-refractivity contribution is 0.0622. The van der Waals surface area contributed by atoms with Crippen LogP contribution < -0.4 is 9.47 Å². The number of H-pyrrole nitrogens is 1. The molecule has 154 valence electrons. The van der Waals surface area contributed by atoms with E-state index in [9.17, 15) is 4.79 Å². The third kappa shape index (κ3) is 3.86. The number of nitrogens with zero attached hydrogens (tertiary/aromatic N) is 3. The molecule has 1 fully saturated rings. The van der Waals surface area contributed by atoms with Crippen LogP contribution in [0.2, 0.25) is 5.02 Å². The van der Waals surface area contributed by atoms with E-state index in [1.807, 2.05) is 41.3 Å². The number of halogens is 1. The number of rotatable bonds is 4. The van der Waals surface area contributed by atoms with Crippen molar-refractivity contribution in [3.05, 3.63) is 64.8 Å². The minimum atomic E-state index is -0.0227. The number of amides is 1. The fourth-order valence-corrected chi connectivity index (χ4v) is 3.90. The molecule has 2 aliphatic rings. The summed E-state index contributed by atoms with van der Waals surface area (Å²) < 4.78 is 10.8. The Labute approximate surface area is 179 Å².